The molecule has 6 rings (SSSR count). The van der Waals surface area contributed by atoms with Crippen molar-refractivity contribution in [3.8, 4) is 17.2 Å². The molecule has 0 bridgehead atoms. The van der Waals surface area contributed by atoms with Crippen molar-refractivity contribution in [2.24, 2.45) is 4.99 Å². The Kier molecular flexibility index (Phi) is 9.37. The van der Waals surface area contributed by atoms with E-state index in [1.165, 1.54) is 25.6 Å². The average molecular weight is 678 g/mol. The van der Waals surface area contributed by atoms with Crippen LogP contribution in [0, 0.1) is 13.8 Å². The molecule has 1 atom stereocenters. The van der Waals surface area contributed by atoms with Gasteiger partial charge in [-0.3, -0.25) is 9.36 Å². The van der Waals surface area contributed by atoms with Crippen LogP contribution in [0.4, 0.5) is 0 Å². The largest absolute Gasteiger partial charge is 0.493 e. The Bertz CT molecular complexity index is 2280. The number of carbonyl (C=O) groups is 2. The predicted molar refractivity (Wildman–Crippen MR) is 187 cm³/mol. The van der Waals surface area contributed by atoms with E-state index in [1.807, 2.05) is 74.5 Å². The number of aromatic nitrogens is 2. The Hall–Kier alpha value is -5.68. The molecule has 3 heterocycles. The van der Waals surface area contributed by atoms with Gasteiger partial charge in [0.2, 0.25) is 0 Å². The van der Waals surface area contributed by atoms with Gasteiger partial charge in [-0.25, -0.2) is 14.6 Å². The molecule has 0 aliphatic carbocycles. The molecular weight excluding hydrogens is 642 g/mol. The molecule has 11 heteroatoms. The molecule has 5 aromatic rings. The fourth-order valence-electron chi connectivity index (χ4n) is 6.12. The second kappa shape index (κ2) is 13.8. The number of ether oxygens (including phenoxy) is 4. The van der Waals surface area contributed by atoms with Gasteiger partial charge in [0.1, 0.15) is 0 Å². The quantitative estimate of drug-likeness (QED) is 0.199. The van der Waals surface area contributed by atoms with E-state index >= 15 is 0 Å². The van der Waals surface area contributed by atoms with E-state index in [9.17, 15) is 14.4 Å². The molecule has 0 spiro atoms. The van der Waals surface area contributed by atoms with Crippen molar-refractivity contribution in [1.82, 2.24) is 9.13 Å². The molecule has 0 unspecified atom stereocenters. The lowest BCUT2D eigenvalue weighted by Crippen LogP contribution is -2.40. The van der Waals surface area contributed by atoms with Crippen LogP contribution in [0.3, 0.4) is 0 Å². The van der Waals surface area contributed by atoms with Crippen molar-refractivity contribution in [3.05, 3.63) is 138 Å². The summed E-state index contributed by atoms with van der Waals surface area (Å²) in [7, 11) is 4.43. The van der Waals surface area contributed by atoms with E-state index in [1.54, 1.807) is 42.9 Å². The fraction of sp³-hybridized carbons (Fsp3) is 0.211. The van der Waals surface area contributed by atoms with Crippen LogP contribution < -0.4 is 24.4 Å². The first-order valence-corrected chi connectivity index (χ1v) is 16.4. The van der Waals surface area contributed by atoms with Crippen LogP contribution in [0.15, 0.2) is 94.2 Å². The summed E-state index contributed by atoms with van der Waals surface area (Å²) < 4.78 is 25.6. The molecule has 250 valence electrons. The van der Waals surface area contributed by atoms with Crippen molar-refractivity contribution in [3.63, 3.8) is 0 Å². The minimum Gasteiger partial charge on any atom is -0.493 e. The summed E-state index contributed by atoms with van der Waals surface area (Å²) in [6.07, 6.45) is 1.85. The lowest BCUT2D eigenvalue weighted by atomic mass is 9.93. The zero-order valence-corrected chi connectivity index (χ0v) is 28.8. The van der Waals surface area contributed by atoms with Gasteiger partial charge in [-0.1, -0.05) is 47.7 Å². The van der Waals surface area contributed by atoms with Crippen LogP contribution in [0.2, 0.25) is 0 Å². The van der Waals surface area contributed by atoms with Crippen molar-refractivity contribution in [1.29, 1.82) is 0 Å². The highest BCUT2D eigenvalue weighted by Crippen LogP contribution is 2.38. The van der Waals surface area contributed by atoms with Crippen LogP contribution in [-0.2, 0) is 14.3 Å². The lowest BCUT2D eigenvalue weighted by Gasteiger charge is -2.26. The third-order valence-corrected chi connectivity index (χ3v) is 9.38. The van der Waals surface area contributed by atoms with Gasteiger partial charge >= 0.3 is 11.9 Å². The molecule has 1 aliphatic rings. The molecule has 2 aromatic heterocycles. The first-order valence-electron chi connectivity index (χ1n) is 15.6. The molecule has 0 saturated heterocycles. The van der Waals surface area contributed by atoms with Gasteiger partial charge < -0.3 is 23.5 Å². The van der Waals surface area contributed by atoms with Crippen LogP contribution in [0.25, 0.3) is 17.5 Å². The van der Waals surface area contributed by atoms with E-state index in [-0.39, 0.29) is 17.7 Å². The summed E-state index contributed by atoms with van der Waals surface area (Å²) in [5, 5.41) is 0. The van der Waals surface area contributed by atoms with Crippen LogP contribution >= 0.6 is 11.3 Å². The molecule has 0 amide bonds. The molecule has 0 fully saturated rings. The van der Waals surface area contributed by atoms with Gasteiger partial charge in [0, 0.05) is 22.6 Å². The van der Waals surface area contributed by atoms with Gasteiger partial charge in [0.25, 0.3) is 5.56 Å². The summed E-state index contributed by atoms with van der Waals surface area (Å²) in [4.78, 5) is 45.6. The molecule has 10 nitrogen and oxygen atoms in total. The minimum absolute atomic E-state index is 0.147. The summed E-state index contributed by atoms with van der Waals surface area (Å²) in [5.74, 6) is -0.00743. The smallest absolute Gasteiger partial charge is 0.338 e. The summed E-state index contributed by atoms with van der Waals surface area (Å²) in [6, 6.07) is 23.0. The van der Waals surface area contributed by atoms with E-state index < -0.39 is 18.0 Å². The monoisotopic (exact) mass is 677 g/mol. The number of benzene rings is 3. The fourth-order valence-corrected chi connectivity index (χ4v) is 7.11. The molecule has 0 radical (unpaired) electrons. The van der Waals surface area contributed by atoms with Crippen molar-refractivity contribution >= 4 is 35.0 Å². The molecule has 0 N–H and O–H groups in total. The highest BCUT2D eigenvalue weighted by molar-refractivity contribution is 7.07. The minimum atomic E-state index is -0.867. The highest BCUT2D eigenvalue weighted by atomic mass is 32.1. The SMILES string of the molecule is CCOC(=O)C1=C(c2ccccc2)N=c2s/c(=C/c3cc(C)n(-c4ccc(C(=O)OC)cc4)c3C)c(=O)n2[C@@H]1c1ccc(OC)c(OC)c1. The molecule has 1 aliphatic heterocycles. The van der Waals surface area contributed by atoms with Crippen molar-refractivity contribution in [2.75, 3.05) is 27.9 Å². The predicted octanol–water partition coefficient (Wildman–Crippen LogP) is 5.15. The number of methoxy groups -OCH3 is 3. The van der Waals surface area contributed by atoms with Gasteiger partial charge in [0.05, 0.1) is 55.3 Å². The lowest BCUT2D eigenvalue weighted by molar-refractivity contribution is -0.138. The topological polar surface area (TPSA) is 110 Å². The Labute approximate surface area is 286 Å². The first-order chi connectivity index (χ1) is 23.7. The highest BCUT2D eigenvalue weighted by Gasteiger charge is 2.35. The number of hydrogen-bond donors (Lipinski definition) is 0. The number of thiazole rings is 1. The van der Waals surface area contributed by atoms with Crippen molar-refractivity contribution < 1.29 is 28.5 Å². The van der Waals surface area contributed by atoms with Gasteiger partial charge in [-0.05, 0) is 80.4 Å². The Morgan fingerprint density at radius 2 is 1.61 bits per heavy atom. The summed E-state index contributed by atoms with van der Waals surface area (Å²) in [5.41, 5.74) is 5.73. The van der Waals surface area contributed by atoms with Gasteiger partial charge in [0.15, 0.2) is 16.3 Å². The van der Waals surface area contributed by atoms with E-state index in [0.29, 0.717) is 37.7 Å². The Morgan fingerprint density at radius 3 is 2.27 bits per heavy atom. The Morgan fingerprint density at radius 1 is 0.898 bits per heavy atom. The number of esters is 2. The zero-order chi connectivity index (χ0) is 34.8. The molecule has 49 heavy (non-hydrogen) atoms. The third kappa shape index (κ3) is 6.09. The van der Waals surface area contributed by atoms with E-state index in [2.05, 4.69) is 4.57 Å². The number of carbonyl (C=O) groups excluding carboxylic acids is 2. The van der Waals surface area contributed by atoms with Crippen LogP contribution in [-0.4, -0.2) is 49.0 Å². The maximum atomic E-state index is 14.5. The number of rotatable bonds is 9. The molecule has 3 aromatic carbocycles. The average Bonchev–Trinajstić information content (AvgIpc) is 3.59. The van der Waals surface area contributed by atoms with Crippen LogP contribution in [0.1, 0.15) is 51.4 Å². The molecule has 0 saturated carbocycles. The maximum absolute atomic E-state index is 14.5. The molecular formula is C38H35N3O7S. The number of hydrogen-bond acceptors (Lipinski definition) is 9. The summed E-state index contributed by atoms with van der Waals surface area (Å²) in [6.45, 7) is 5.84. The van der Waals surface area contributed by atoms with E-state index in [0.717, 1.165) is 28.2 Å². The number of fused-ring (bicyclic) bond motifs is 1. The number of aryl methyl sites for hydroxylation is 1. The van der Waals surface area contributed by atoms with Gasteiger partial charge in [-0.15, -0.1) is 0 Å². The van der Waals surface area contributed by atoms with Crippen LogP contribution in [0.5, 0.6) is 11.5 Å². The van der Waals surface area contributed by atoms with Gasteiger partial charge in [-0.2, -0.15) is 0 Å². The summed E-state index contributed by atoms with van der Waals surface area (Å²) >= 11 is 1.25. The maximum Gasteiger partial charge on any atom is 0.338 e. The second-order valence-electron chi connectivity index (χ2n) is 11.2. The number of nitrogens with zero attached hydrogens (tertiary/aromatic N) is 3. The normalized spacial score (nSPS) is 14.2. The third-order valence-electron chi connectivity index (χ3n) is 8.40. The van der Waals surface area contributed by atoms with E-state index in [4.69, 9.17) is 23.9 Å². The van der Waals surface area contributed by atoms with Crippen molar-refractivity contribution in [2.45, 2.75) is 26.8 Å². The Balaban J connectivity index is 1.57. The standard InChI is InChI=1S/C38H35N3O7S/c1-7-48-37(44)32-33(24-11-9-8-10-12-24)39-38-41(34(32)26-15-18-29(45-4)30(20-26)46-5)35(42)31(49-38)21-27-19-22(2)40(23(27)3)28-16-13-25(14-17-28)36(43)47-6/h8-21,34H,7H2,1-6H3/b31-21+/t34-/m1/s1. The zero-order valence-electron chi connectivity index (χ0n) is 28.0. The second-order valence-corrected chi connectivity index (χ2v) is 12.3. The first kappa shape index (κ1) is 33.2.